The van der Waals surface area contributed by atoms with E-state index in [-0.39, 0.29) is 6.54 Å². The molecule has 0 radical (unpaired) electrons. The summed E-state index contributed by atoms with van der Waals surface area (Å²) in [6.45, 7) is 5.38. The molecule has 0 bridgehead atoms. The van der Waals surface area contributed by atoms with Gasteiger partial charge in [-0.3, -0.25) is 4.98 Å². The summed E-state index contributed by atoms with van der Waals surface area (Å²) in [6.07, 6.45) is 2.60. The number of alkyl carbamates (subject to hydrolysis) is 1. The van der Waals surface area contributed by atoms with E-state index >= 15 is 0 Å². The average Bonchev–Trinajstić information content (AvgIpc) is 2.29. The average molecular weight is 251 g/mol. The van der Waals surface area contributed by atoms with Gasteiger partial charge in [0.05, 0.1) is 6.54 Å². The highest BCUT2D eigenvalue weighted by molar-refractivity contribution is 6.02. The largest absolute Gasteiger partial charge is 0.444 e. The van der Waals surface area contributed by atoms with Crippen LogP contribution in [0.1, 0.15) is 26.3 Å². The third kappa shape index (κ3) is 4.82. The molecule has 6 nitrogen and oxygen atoms in total. The fourth-order valence-electron chi connectivity index (χ4n) is 1.20. The Balaban J connectivity index is 2.55. The maximum absolute atomic E-state index is 11.4. The van der Waals surface area contributed by atoms with Crippen LogP contribution in [0, 0.1) is 0 Å². The predicted octanol–water partition coefficient (Wildman–Crippen LogP) is 1.78. The third-order valence-electron chi connectivity index (χ3n) is 1.91. The van der Waals surface area contributed by atoms with Crippen LogP contribution in [0.3, 0.4) is 0 Å². The van der Waals surface area contributed by atoms with Crippen LogP contribution >= 0.6 is 0 Å². The van der Waals surface area contributed by atoms with Crippen molar-refractivity contribution in [2.75, 3.05) is 6.54 Å². The molecule has 0 saturated carbocycles. The number of amides is 1. The monoisotopic (exact) mass is 251 g/mol. The quantitative estimate of drug-likeness (QED) is 0.487. The number of carbonyl (C=O) groups excluding carboxylic acids is 1. The summed E-state index contributed by atoms with van der Waals surface area (Å²) in [5.41, 5.74) is 0.388. The lowest BCUT2D eigenvalue weighted by atomic mass is 10.2. The van der Waals surface area contributed by atoms with Crippen LogP contribution < -0.4 is 5.32 Å². The van der Waals surface area contributed by atoms with Gasteiger partial charge in [-0.2, -0.15) is 0 Å². The molecule has 0 aliphatic heterocycles. The van der Waals surface area contributed by atoms with Crippen molar-refractivity contribution in [3.05, 3.63) is 30.1 Å². The van der Waals surface area contributed by atoms with Crippen molar-refractivity contribution < 1.29 is 14.7 Å². The van der Waals surface area contributed by atoms with Gasteiger partial charge < -0.3 is 15.3 Å². The van der Waals surface area contributed by atoms with Gasteiger partial charge in [0.1, 0.15) is 11.3 Å². The minimum atomic E-state index is -0.562. The Kier molecular flexibility index (Phi) is 4.65. The number of carbonyl (C=O) groups is 1. The number of hydrogen-bond donors (Lipinski definition) is 2. The normalized spacial score (nSPS) is 12.1. The van der Waals surface area contributed by atoms with Crippen molar-refractivity contribution in [1.29, 1.82) is 0 Å². The molecule has 0 aliphatic rings. The standard InChI is InChI=1S/C12H17N3O3/c1-12(2,3)18-11(16)14-8-10(15-17)9-5-4-6-13-7-9/h4-7,17H,8H2,1-3H3,(H,14,16). The Hall–Kier alpha value is -2.11. The number of ether oxygens (including phenoxy) is 1. The van der Waals surface area contributed by atoms with Gasteiger partial charge in [-0.1, -0.05) is 5.16 Å². The van der Waals surface area contributed by atoms with Gasteiger partial charge in [0, 0.05) is 18.0 Å². The van der Waals surface area contributed by atoms with Crippen molar-refractivity contribution >= 4 is 11.8 Å². The zero-order chi connectivity index (χ0) is 13.6. The first-order chi connectivity index (χ1) is 8.42. The topological polar surface area (TPSA) is 83.8 Å². The Morgan fingerprint density at radius 3 is 2.78 bits per heavy atom. The highest BCUT2D eigenvalue weighted by Crippen LogP contribution is 2.06. The molecular formula is C12H17N3O3. The smallest absolute Gasteiger partial charge is 0.407 e. The van der Waals surface area contributed by atoms with E-state index in [1.807, 2.05) is 0 Å². The first kappa shape index (κ1) is 14.0. The lowest BCUT2D eigenvalue weighted by molar-refractivity contribution is 0.0536. The van der Waals surface area contributed by atoms with E-state index < -0.39 is 11.7 Å². The molecule has 1 rings (SSSR count). The molecule has 0 aliphatic carbocycles. The SMILES string of the molecule is CC(C)(C)OC(=O)NCC(=NO)c1cccnc1. The number of aromatic nitrogens is 1. The number of pyridine rings is 1. The van der Waals surface area contributed by atoms with Gasteiger partial charge in [-0.25, -0.2) is 4.79 Å². The number of rotatable bonds is 3. The fraction of sp³-hybridized carbons (Fsp3) is 0.417. The summed E-state index contributed by atoms with van der Waals surface area (Å²) in [5, 5.41) is 14.5. The molecule has 1 amide bonds. The van der Waals surface area contributed by atoms with E-state index in [0.29, 0.717) is 11.3 Å². The molecule has 0 saturated heterocycles. The molecule has 98 valence electrons. The van der Waals surface area contributed by atoms with E-state index in [2.05, 4.69) is 15.5 Å². The van der Waals surface area contributed by atoms with E-state index in [0.717, 1.165) is 0 Å². The van der Waals surface area contributed by atoms with Crippen molar-refractivity contribution in [1.82, 2.24) is 10.3 Å². The van der Waals surface area contributed by atoms with Crippen LogP contribution in [-0.4, -0.2) is 34.1 Å². The highest BCUT2D eigenvalue weighted by atomic mass is 16.6. The van der Waals surface area contributed by atoms with E-state index in [1.54, 1.807) is 45.3 Å². The summed E-state index contributed by atoms with van der Waals surface area (Å²) in [4.78, 5) is 15.3. The maximum Gasteiger partial charge on any atom is 0.407 e. The Bertz CT molecular complexity index is 424. The molecule has 0 unspecified atom stereocenters. The Morgan fingerprint density at radius 1 is 1.56 bits per heavy atom. The summed E-state index contributed by atoms with van der Waals surface area (Å²) in [5.74, 6) is 0. The minimum Gasteiger partial charge on any atom is -0.444 e. The predicted molar refractivity (Wildman–Crippen MR) is 66.8 cm³/mol. The Morgan fingerprint density at radius 2 is 2.28 bits per heavy atom. The lowest BCUT2D eigenvalue weighted by Gasteiger charge is -2.19. The molecule has 18 heavy (non-hydrogen) atoms. The van der Waals surface area contributed by atoms with Gasteiger partial charge in [-0.05, 0) is 32.9 Å². The first-order valence-corrected chi connectivity index (χ1v) is 5.50. The first-order valence-electron chi connectivity index (χ1n) is 5.50. The summed E-state index contributed by atoms with van der Waals surface area (Å²) >= 11 is 0. The van der Waals surface area contributed by atoms with Crippen LogP contribution in [0.4, 0.5) is 4.79 Å². The zero-order valence-electron chi connectivity index (χ0n) is 10.7. The van der Waals surface area contributed by atoms with Gasteiger partial charge in [-0.15, -0.1) is 0 Å². The molecule has 6 heteroatoms. The van der Waals surface area contributed by atoms with Crippen LogP contribution in [0.5, 0.6) is 0 Å². The van der Waals surface area contributed by atoms with Gasteiger partial charge >= 0.3 is 6.09 Å². The molecule has 0 aromatic carbocycles. The van der Waals surface area contributed by atoms with Crippen LogP contribution in [0.15, 0.2) is 29.7 Å². The summed E-state index contributed by atoms with van der Waals surface area (Å²) < 4.78 is 5.07. The number of nitrogens with zero attached hydrogens (tertiary/aromatic N) is 2. The molecule has 1 aromatic heterocycles. The third-order valence-corrected chi connectivity index (χ3v) is 1.91. The van der Waals surface area contributed by atoms with E-state index in [4.69, 9.17) is 9.94 Å². The molecule has 0 atom stereocenters. The Labute approximate surface area is 106 Å². The van der Waals surface area contributed by atoms with Gasteiger partial charge in [0.2, 0.25) is 0 Å². The van der Waals surface area contributed by atoms with Crippen LogP contribution in [0.25, 0.3) is 0 Å². The summed E-state index contributed by atoms with van der Waals surface area (Å²) in [7, 11) is 0. The second kappa shape index (κ2) is 6.00. The van der Waals surface area contributed by atoms with Crippen molar-refractivity contribution in [3.8, 4) is 0 Å². The highest BCUT2D eigenvalue weighted by Gasteiger charge is 2.16. The molecule has 1 heterocycles. The minimum absolute atomic E-state index is 0.0666. The van der Waals surface area contributed by atoms with Gasteiger partial charge in [0.25, 0.3) is 0 Å². The fourth-order valence-corrected chi connectivity index (χ4v) is 1.20. The number of nitrogens with one attached hydrogen (secondary N) is 1. The molecule has 2 N–H and O–H groups in total. The summed E-state index contributed by atoms with van der Waals surface area (Å²) in [6, 6.07) is 3.45. The second-order valence-electron chi connectivity index (χ2n) is 4.64. The van der Waals surface area contributed by atoms with Crippen LogP contribution in [-0.2, 0) is 4.74 Å². The van der Waals surface area contributed by atoms with Gasteiger partial charge in [0.15, 0.2) is 0 Å². The molecule has 1 aromatic rings. The van der Waals surface area contributed by atoms with Crippen molar-refractivity contribution in [2.45, 2.75) is 26.4 Å². The number of oxime groups is 1. The molecular weight excluding hydrogens is 234 g/mol. The van der Waals surface area contributed by atoms with Crippen LogP contribution in [0.2, 0.25) is 0 Å². The van der Waals surface area contributed by atoms with Crippen molar-refractivity contribution in [2.24, 2.45) is 5.16 Å². The number of hydrogen-bond acceptors (Lipinski definition) is 5. The molecule has 0 spiro atoms. The van der Waals surface area contributed by atoms with E-state index in [1.165, 1.54) is 0 Å². The zero-order valence-corrected chi connectivity index (χ0v) is 10.7. The van der Waals surface area contributed by atoms with Crippen molar-refractivity contribution in [3.63, 3.8) is 0 Å². The molecule has 0 fully saturated rings. The maximum atomic E-state index is 11.4. The van der Waals surface area contributed by atoms with E-state index in [9.17, 15) is 4.79 Å². The second-order valence-corrected chi connectivity index (χ2v) is 4.64. The lowest BCUT2D eigenvalue weighted by Crippen LogP contribution is -2.35.